The van der Waals surface area contributed by atoms with Gasteiger partial charge in [0.2, 0.25) is 5.91 Å². The third-order valence-electron chi connectivity index (χ3n) is 3.05. The lowest BCUT2D eigenvalue weighted by atomic mass is 10.1. The van der Waals surface area contributed by atoms with Crippen molar-refractivity contribution in [2.75, 3.05) is 16.8 Å². The molecule has 0 aliphatic rings. The number of benzene rings is 2. The molecule has 2 aromatic carbocycles. The number of carbonyl (C=O) groups is 2. The number of nitrogens with one attached hydrogen (secondary N) is 1. The quantitative estimate of drug-likeness (QED) is 0.858. The molecule has 2 amide bonds. The van der Waals surface area contributed by atoms with Gasteiger partial charge in [0.05, 0.1) is 0 Å². The summed E-state index contributed by atoms with van der Waals surface area (Å²) in [5.41, 5.74) is 1.92. The molecule has 0 aliphatic heterocycles. The molecule has 0 unspecified atom stereocenters. The fourth-order valence-corrected chi connectivity index (χ4v) is 2.13. The zero-order chi connectivity index (χ0) is 15.9. The lowest BCUT2D eigenvalue weighted by molar-refractivity contribution is -0.114. The Bertz CT molecular complexity index is 680. The minimum absolute atomic E-state index is 0.140. The van der Waals surface area contributed by atoms with Crippen molar-refractivity contribution in [2.45, 2.75) is 6.92 Å². The second kappa shape index (κ2) is 7.22. The van der Waals surface area contributed by atoms with Gasteiger partial charge in [-0.2, -0.15) is 0 Å². The maximum Gasteiger partial charge on any atom is 0.258 e. The molecule has 0 saturated heterocycles. The molecule has 0 atom stereocenters. The van der Waals surface area contributed by atoms with E-state index in [1.807, 2.05) is 30.3 Å². The summed E-state index contributed by atoms with van der Waals surface area (Å²) in [6.07, 6.45) is 1.68. The molecule has 2 rings (SSSR count). The van der Waals surface area contributed by atoms with Crippen molar-refractivity contribution in [3.8, 4) is 0 Å². The molecule has 0 aromatic heterocycles. The molecule has 0 fully saturated rings. The van der Waals surface area contributed by atoms with Gasteiger partial charge in [-0.15, -0.1) is 6.58 Å². The number of amides is 2. The van der Waals surface area contributed by atoms with Crippen LogP contribution in [0.15, 0.2) is 67.3 Å². The minimum atomic E-state index is -0.171. The first-order valence-electron chi connectivity index (χ1n) is 6.97. The van der Waals surface area contributed by atoms with Crippen LogP contribution < -0.4 is 10.2 Å². The van der Waals surface area contributed by atoms with E-state index in [1.165, 1.54) is 6.92 Å². The number of para-hydroxylation sites is 1. The third-order valence-corrected chi connectivity index (χ3v) is 3.05. The summed E-state index contributed by atoms with van der Waals surface area (Å²) in [6, 6.07) is 16.3. The second-order valence-corrected chi connectivity index (χ2v) is 4.80. The summed E-state index contributed by atoms with van der Waals surface area (Å²) in [7, 11) is 0. The van der Waals surface area contributed by atoms with E-state index in [0.717, 1.165) is 5.69 Å². The SMILES string of the molecule is C=CCN(C(=O)c1cccc(NC(C)=O)c1)c1ccccc1. The Kier molecular flexibility index (Phi) is 5.09. The van der Waals surface area contributed by atoms with Crippen LogP contribution in [-0.2, 0) is 4.79 Å². The maximum atomic E-state index is 12.7. The van der Waals surface area contributed by atoms with Gasteiger partial charge in [0.15, 0.2) is 0 Å². The lowest BCUT2D eigenvalue weighted by Crippen LogP contribution is -2.31. The first-order chi connectivity index (χ1) is 10.6. The number of anilines is 2. The van der Waals surface area contributed by atoms with E-state index >= 15 is 0 Å². The third kappa shape index (κ3) is 3.82. The molecule has 0 spiro atoms. The highest BCUT2D eigenvalue weighted by atomic mass is 16.2. The van der Waals surface area contributed by atoms with Crippen molar-refractivity contribution in [1.82, 2.24) is 0 Å². The Morgan fingerprint density at radius 1 is 1.14 bits per heavy atom. The van der Waals surface area contributed by atoms with E-state index in [4.69, 9.17) is 0 Å². The molecule has 0 radical (unpaired) electrons. The second-order valence-electron chi connectivity index (χ2n) is 4.80. The lowest BCUT2D eigenvalue weighted by Gasteiger charge is -2.21. The van der Waals surface area contributed by atoms with Gasteiger partial charge < -0.3 is 10.2 Å². The van der Waals surface area contributed by atoms with Crippen LogP contribution in [0.5, 0.6) is 0 Å². The van der Waals surface area contributed by atoms with Gasteiger partial charge in [-0.3, -0.25) is 9.59 Å². The predicted octanol–water partition coefficient (Wildman–Crippen LogP) is 3.48. The smallest absolute Gasteiger partial charge is 0.258 e. The van der Waals surface area contributed by atoms with Crippen LogP contribution in [-0.4, -0.2) is 18.4 Å². The topological polar surface area (TPSA) is 49.4 Å². The van der Waals surface area contributed by atoms with Crippen LogP contribution in [0.4, 0.5) is 11.4 Å². The van der Waals surface area contributed by atoms with Crippen molar-refractivity contribution in [1.29, 1.82) is 0 Å². The summed E-state index contributed by atoms with van der Waals surface area (Å²) in [4.78, 5) is 25.5. The van der Waals surface area contributed by atoms with E-state index in [-0.39, 0.29) is 11.8 Å². The van der Waals surface area contributed by atoms with Gasteiger partial charge in [0, 0.05) is 30.4 Å². The van der Waals surface area contributed by atoms with Crippen LogP contribution in [0.3, 0.4) is 0 Å². The van der Waals surface area contributed by atoms with Crippen LogP contribution in [0.25, 0.3) is 0 Å². The van der Waals surface area contributed by atoms with Crippen molar-refractivity contribution in [3.05, 3.63) is 72.8 Å². The highest BCUT2D eigenvalue weighted by Gasteiger charge is 2.16. The molecule has 4 heteroatoms. The van der Waals surface area contributed by atoms with Crippen molar-refractivity contribution in [2.24, 2.45) is 0 Å². The fraction of sp³-hybridized carbons (Fsp3) is 0.111. The predicted molar refractivity (Wildman–Crippen MR) is 89.1 cm³/mol. The zero-order valence-corrected chi connectivity index (χ0v) is 12.5. The Hall–Kier alpha value is -2.88. The van der Waals surface area contributed by atoms with Crippen LogP contribution in [0, 0.1) is 0 Å². The highest BCUT2D eigenvalue weighted by Crippen LogP contribution is 2.19. The molecule has 0 saturated carbocycles. The minimum Gasteiger partial charge on any atom is -0.326 e. The van der Waals surface area contributed by atoms with Crippen LogP contribution in [0.2, 0.25) is 0 Å². The number of carbonyl (C=O) groups excluding carboxylic acids is 2. The molecule has 0 aliphatic carbocycles. The molecule has 1 N–H and O–H groups in total. The molecule has 22 heavy (non-hydrogen) atoms. The normalized spacial score (nSPS) is 9.86. The van der Waals surface area contributed by atoms with E-state index < -0.39 is 0 Å². The molecule has 0 heterocycles. The van der Waals surface area contributed by atoms with Gasteiger partial charge in [0.1, 0.15) is 0 Å². The zero-order valence-electron chi connectivity index (χ0n) is 12.5. The van der Waals surface area contributed by atoms with Crippen molar-refractivity contribution in [3.63, 3.8) is 0 Å². The van der Waals surface area contributed by atoms with Gasteiger partial charge in [-0.05, 0) is 30.3 Å². The average molecular weight is 294 g/mol. The number of nitrogens with zero attached hydrogens (tertiary/aromatic N) is 1. The Morgan fingerprint density at radius 3 is 2.50 bits per heavy atom. The van der Waals surface area contributed by atoms with E-state index in [9.17, 15) is 9.59 Å². The molecule has 112 valence electrons. The Labute approximate surface area is 130 Å². The van der Waals surface area contributed by atoms with Crippen LogP contribution >= 0.6 is 0 Å². The van der Waals surface area contributed by atoms with Gasteiger partial charge in [0.25, 0.3) is 5.91 Å². The first-order valence-corrected chi connectivity index (χ1v) is 6.97. The van der Waals surface area contributed by atoms with E-state index in [1.54, 1.807) is 35.2 Å². The van der Waals surface area contributed by atoms with Gasteiger partial charge >= 0.3 is 0 Å². The fourth-order valence-electron chi connectivity index (χ4n) is 2.13. The van der Waals surface area contributed by atoms with Crippen molar-refractivity contribution < 1.29 is 9.59 Å². The molecule has 2 aromatic rings. The van der Waals surface area contributed by atoms with E-state index in [0.29, 0.717) is 17.8 Å². The van der Waals surface area contributed by atoms with E-state index in [2.05, 4.69) is 11.9 Å². The van der Waals surface area contributed by atoms with Gasteiger partial charge in [-0.25, -0.2) is 0 Å². The summed E-state index contributed by atoms with van der Waals surface area (Å²) in [6.45, 7) is 5.55. The summed E-state index contributed by atoms with van der Waals surface area (Å²) in [5, 5.41) is 2.68. The summed E-state index contributed by atoms with van der Waals surface area (Å²) >= 11 is 0. The maximum absolute atomic E-state index is 12.7. The number of hydrogen-bond donors (Lipinski definition) is 1. The average Bonchev–Trinajstić information content (AvgIpc) is 2.52. The van der Waals surface area contributed by atoms with Crippen LogP contribution in [0.1, 0.15) is 17.3 Å². The summed E-state index contributed by atoms with van der Waals surface area (Å²) in [5.74, 6) is -0.311. The Morgan fingerprint density at radius 2 is 1.86 bits per heavy atom. The molecular weight excluding hydrogens is 276 g/mol. The summed E-state index contributed by atoms with van der Waals surface area (Å²) < 4.78 is 0. The molecule has 4 nitrogen and oxygen atoms in total. The van der Waals surface area contributed by atoms with Gasteiger partial charge in [-0.1, -0.05) is 30.3 Å². The highest BCUT2D eigenvalue weighted by molar-refractivity contribution is 6.07. The molecule has 0 bridgehead atoms. The Balaban J connectivity index is 2.31. The number of rotatable bonds is 5. The first kappa shape index (κ1) is 15.5. The largest absolute Gasteiger partial charge is 0.326 e. The standard InChI is InChI=1S/C18H18N2O2/c1-3-12-20(17-10-5-4-6-11-17)18(22)15-8-7-9-16(13-15)19-14(2)21/h3-11,13H,1,12H2,2H3,(H,19,21). The monoisotopic (exact) mass is 294 g/mol. The van der Waals surface area contributed by atoms with Crippen molar-refractivity contribution >= 4 is 23.2 Å². The number of hydrogen-bond acceptors (Lipinski definition) is 2. The molecular formula is C18H18N2O2.